The van der Waals surface area contributed by atoms with E-state index in [-0.39, 0.29) is 11.8 Å². The third-order valence-corrected chi connectivity index (χ3v) is 6.56. The van der Waals surface area contributed by atoms with Crippen LogP contribution in [0.4, 0.5) is 5.69 Å². The van der Waals surface area contributed by atoms with Crippen LogP contribution in [0.15, 0.2) is 82.2 Å². The van der Waals surface area contributed by atoms with Gasteiger partial charge in [-0.1, -0.05) is 58.4 Å². The fourth-order valence-electron chi connectivity index (χ4n) is 3.52. The Balaban J connectivity index is 1.40. The first-order valence-electron chi connectivity index (χ1n) is 9.74. The highest BCUT2D eigenvalue weighted by molar-refractivity contribution is 9.10. The van der Waals surface area contributed by atoms with Gasteiger partial charge in [-0.25, -0.2) is 0 Å². The lowest BCUT2D eigenvalue weighted by atomic mass is 10.2. The standard InChI is InChI=1S/C24H21BrN2O2S/c25-19-8-5-6-17(14-19)15-26-24(29)20-9-2-4-11-22(20)30-16-23(28)27-13-12-18-7-1-3-10-21(18)27/h1-11,14H,12-13,15-16H2,(H,26,29). The van der Waals surface area contributed by atoms with E-state index >= 15 is 0 Å². The lowest BCUT2D eigenvalue weighted by Gasteiger charge is -2.17. The molecule has 3 aromatic rings. The highest BCUT2D eigenvalue weighted by Gasteiger charge is 2.24. The third kappa shape index (κ3) is 4.77. The number of para-hydroxylation sites is 1. The second-order valence-electron chi connectivity index (χ2n) is 7.02. The summed E-state index contributed by atoms with van der Waals surface area (Å²) in [6.45, 7) is 1.16. The van der Waals surface area contributed by atoms with Crippen LogP contribution in [0.25, 0.3) is 0 Å². The van der Waals surface area contributed by atoms with Crippen molar-refractivity contribution in [1.29, 1.82) is 0 Å². The first kappa shape index (κ1) is 20.7. The Labute approximate surface area is 188 Å². The number of fused-ring (bicyclic) bond motifs is 1. The summed E-state index contributed by atoms with van der Waals surface area (Å²) in [6.07, 6.45) is 0.890. The molecule has 0 spiro atoms. The van der Waals surface area contributed by atoms with E-state index in [4.69, 9.17) is 0 Å². The number of halogens is 1. The first-order chi connectivity index (χ1) is 14.6. The highest BCUT2D eigenvalue weighted by atomic mass is 79.9. The zero-order valence-electron chi connectivity index (χ0n) is 16.3. The molecule has 0 radical (unpaired) electrons. The van der Waals surface area contributed by atoms with E-state index in [1.54, 1.807) is 6.07 Å². The molecule has 0 saturated carbocycles. The van der Waals surface area contributed by atoms with Crippen LogP contribution in [-0.4, -0.2) is 24.1 Å². The molecule has 4 nitrogen and oxygen atoms in total. The van der Waals surface area contributed by atoms with Gasteiger partial charge in [0.05, 0.1) is 11.3 Å². The highest BCUT2D eigenvalue weighted by Crippen LogP contribution is 2.29. The molecule has 4 rings (SSSR count). The molecule has 0 saturated heterocycles. The molecule has 3 aromatic carbocycles. The number of anilines is 1. The summed E-state index contributed by atoms with van der Waals surface area (Å²) >= 11 is 4.86. The van der Waals surface area contributed by atoms with Gasteiger partial charge in [0.2, 0.25) is 5.91 Å². The Morgan fingerprint density at radius 3 is 2.67 bits per heavy atom. The molecular weight excluding hydrogens is 460 g/mol. The SMILES string of the molecule is O=C(NCc1cccc(Br)c1)c1ccccc1SCC(=O)N1CCc2ccccc21. The molecule has 0 fully saturated rings. The topological polar surface area (TPSA) is 49.4 Å². The predicted molar refractivity (Wildman–Crippen MR) is 125 cm³/mol. The maximum atomic E-state index is 12.8. The van der Waals surface area contributed by atoms with Crippen molar-refractivity contribution in [3.05, 3.63) is 94.0 Å². The summed E-state index contributed by atoms with van der Waals surface area (Å²) in [7, 11) is 0. The Hall–Kier alpha value is -2.57. The number of amides is 2. The number of thioether (sulfide) groups is 1. The zero-order chi connectivity index (χ0) is 20.9. The number of carbonyl (C=O) groups is 2. The molecule has 6 heteroatoms. The van der Waals surface area contributed by atoms with Gasteiger partial charge < -0.3 is 10.2 Å². The van der Waals surface area contributed by atoms with Crippen molar-refractivity contribution < 1.29 is 9.59 Å². The minimum absolute atomic E-state index is 0.0642. The van der Waals surface area contributed by atoms with Crippen molar-refractivity contribution in [1.82, 2.24) is 5.32 Å². The number of carbonyl (C=O) groups excluding carboxylic acids is 2. The maximum absolute atomic E-state index is 12.8. The normalized spacial score (nSPS) is 12.5. The van der Waals surface area contributed by atoms with Gasteiger partial charge in [0.15, 0.2) is 0 Å². The largest absolute Gasteiger partial charge is 0.348 e. The van der Waals surface area contributed by atoms with E-state index in [2.05, 4.69) is 27.3 Å². The van der Waals surface area contributed by atoms with Gasteiger partial charge in [-0.3, -0.25) is 9.59 Å². The van der Waals surface area contributed by atoms with Gasteiger partial charge in [-0.2, -0.15) is 0 Å². The van der Waals surface area contributed by atoms with Crippen LogP contribution in [0.2, 0.25) is 0 Å². The smallest absolute Gasteiger partial charge is 0.252 e. The van der Waals surface area contributed by atoms with Crippen LogP contribution in [0, 0.1) is 0 Å². The fourth-order valence-corrected chi connectivity index (χ4v) is 4.89. The molecule has 0 bridgehead atoms. The van der Waals surface area contributed by atoms with Crippen LogP contribution in [0.1, 0.15) is 21.5 Å². The molecule has 1 aliphatic rings. The fraction of sp³-hybridized carbons (Fsp3) is 0.167. The molecule has 1 N–H and O–H groups in total. The van der Waals surface area contributed by atoms with E-state index in [0.29, 0.717) is 24.4 Å². The number of hydrogen-bond donors (Lipinski definition) is 1. The molecule has 0 unspecified atom stereocenters. The summed E-state index contributed by atoms with van der Waals surface area (Å²) < 4.78 is 0.979. The van der Waals surface area contributed by atoms with Crippen molar-refractivity contribution in [2.45, 2.75) is 17.9 Å². The maximum Gasteiger partial charge on any atom is 0.252 e. The van der Waals surface area contributed by atoms with E-state index < -0.39 is 0 Å². The zero-order valence-corrected chi connectivity index (χ0v) is 18.7. The second-order valence-corrected chi connectivity index (χ2v) is 8.95. The predicted octanol–water partition coefficient (Wildman–Crippen LogP) is 5.06. The summed E-state index contributed by atoms with van der Waals surface area (Å²) in [6, 6.07) is 23.3. The third-order valence-electron chi connectivity index (χ3n) is 5.01. The summed E-state index contributed by atoms with van der Waals surface area (Å²) in [5, 5.41) is 2.97. The summed E-state index contributed by atoms with van der Waals surface area (Å²) in [5.74, 6) is 0.218. The molecular formula is C24H21BrN2O2S. The molecule has 30 heavy (non-hydrogen) atoms. The van der Waals surface area contributed by atoms with Gasteiger partial charge >= 0.3 is 0 Å². The molecule has 2 amide bonds. The van der Waals surface area contributed by atoms with E-state index in [9.17, 15) is 9.59 Å². The molecule has 0 aliphatic carbocycles. The minimum Gasteiger partial charge on any atom is -0.348 e. The van der Waals surface area contributed by atoms with Crippen molar-refractivity contribution in [3.63, 3.8) is 0 Å². The van der Waals surface area contributed by atoms with Gasteiger partial charge in [0, 0.05) is 28.1 Å². The average Bonchev–Trinajstić information content (AvgIpc) is 3.20. The Bertz CT molecular complexity index is 1090. The number of nitrogens with one attached hydrogen (secondary N) is 1. The number of nitrogens with zero attached hydrogens (tertiary/aromatic N) is 1. The van der Waals surface area contributed by atoms with Crippen LogP contribution >= 0.6 is 27.7 Å². The average molecular weight is 481 g/mol. The molecule has 1 aliphatic heterocycles. The first-order valence-corrected chi connectivity index (χ1v) is 11.5. The van der Waals surface area contributed by atoms with E-state index in [1.807, 2.05) is 65.6 Å². The van der Waals surface area contributed by atoms with Crippen LogP contribution < -0.4 is 10.2 Å². The summed E-state index contributed by atoms with van der Waals surface area (Å²) in [5.41, 5.74) is 3.82. The number of hydrogen-bond acceptors (Lipinski definition) is 3. The van der Waals surface area contributed by atoms with E-state index in [1.165, 1.54) is 17.3 Å². The quantitative estimate of drug-likeness (QED) is 0.501. The van der Waals surface area contributed by atoms with E-state index in [0.717, 1.165) is 27.0 Å². The van der Waals surface area contributed by atoms with Gasteiger partial charge in [-0.05, 0) is 47.9 Å². The molecule has 0 aromatic heterocycles. The Morgan fingerprint density at radius 2 is 1.80 bits per heavy atom. The Morgan fingerprint density at radius 1 is 1.00 bits per heavy atom. The van der Waals surface area contributed by atoms with Crippen LogP contribution in [0.5, 0.6) is 0 Å². The lowest BCUT2D eigenvalue weighted by molar-refractivity contribution is -0.116. The number of benzene rings is 3. The van der Waals surface area contributed by atoms with Crippen LogP contribution in [-0.2, 0) is 17.8 Å². The van der Waals surface area contributed by atoms with Gasteiger partial charge in [0.25, 0.3) is 5.91 Å². The van der Waals surface area contributed by atoms with Crippen molar-refractivity contribution in [2.75, 3.05) is 17.2 Å². The summed E-state index contributed by atoms with van der Waals surface area (Å²) in [4.78, 5) is 28.2. The molecule has 1 heterocycles. The monoisotopic (exact) mass is 480 g/mol. The van der Waals surface area contributed by atoms with Gasteiger partial charge in [0.1, 0.15) is 0 Å². The Kier molecular flexibility index (Phi) is 6.55. The number of rotatable bonds is 6. The molecule has 0 atom stereocenters. The lowest BCUT2D eigenvalue weighted by Crippen LogP contribution is -2.30. The minimum atomic E-state index is -0.142. The van der Waals surface area contributed by atoms with Crippen LogP contribution in [0.3, 0.4) is 0 Å². The van der Waals surface area contributed by atoms with Crippen molar-refractivity contribution in [2.24, 2.45) is 0 Å². The molecule has 152 valence electrons. The second kappa shape index (κ2) is 9.49. The van der Waals surface area contributed by atoms with Crippen molar-refractivity contribution >= 4 is 45.2 Å². The van der Waals surface area contributed by atoms with Gasteiger partial charge in [-0.15, -0.1) is 11.8 Å². The van der Waals surface area contributed by atoms with Crippen molar-refractivity contribution in [3.8, 4) is 0 Å².